The number of aromatic hydroxyl groups is 2. The van der Waals surface area contributed by atoms with Gasteiger partial charge in [-0.1, -0.05) is 120 Å². The number of hydrogen-bond acceptors (Lipinski definition) is 4. The van der Waals surface area contributed by atoms with Gasteiger partial charge in [0, 0.05) is 13.1 Å². The zero-order valence-electron chi connectivity index (χ0n) is 33.3. The molecule has 6 nitrogen and oxygen atoms in total. The molecular formula is C42H68N2O4. The van der Waals surface area contributed by atoms with Crippen LogP contribution >= 0.6 is 0 Å². The van der Waals surface area contributed by atoms with E-state index in [1.54, 1.807) is 0 Å². The van der Waals surface area contributed by atoms with Gasteiger partial charge in [0.05, 0.1) is 10.8 Å². The van der Waals surface area contributed by atoms with Crippen LogP contribution in [0.1, 0.15) is 170 Å². The predicted octanol–water partition coefficient (Wildman–Crippen LogP) is 9.34. The molecule has 6 heteroatoms. The molecule has 4 N–H and O–H groups in total. The van der Waals surface area contributed by atoms with Crippen LogP contribution < -0.4 is 10.6 Å². The summed E-state index contributed by atoms with van der Waals surface area (Å²) in [5.41, 5.74) is 2.65. The van der Waals surface area contributed by atoms with E-state index in [0.29, 0.717) is 24.6 Å². The normalized spacial score (nSPS) is 13.4. The molecular weight excluding hydrogens is 596 g/mol. The molecule has 0 aromatic heterocycles. The fraction of sp³-hybridized carbons (Fsp3) is 0.667. The summed E-state index contributed by atoms with van der Waals surface area (Å²) in [5, 5.41) is 28.5. The average molecular weight is 665 g/mol. The smallest absolute Gasteiger partial charge is 0.230 e. The van der Waals surface area contributed by atoms with E-state index in [0.717, 1.165) is 59.1 Å². The Hall–Kier alpha value is -3.02. The molecule has 0 radical (unpaired) electrons. The maximum absolute atomic E-state index is 13.4. The topological polar surface area (TPSA) is 98.7 Å². The van der Waals surface area contributed by atoms with Gasteiger partial charge in [0.15, 0.2) is 0 Å². The summed E-state index contributed by atoms with van der Waals surface area (Å²) in [4.78, 5) is 26.9. The number of carbonyl (C=O) groups is 2. The Morgan fingerprint density at radius 1 is 0.458 bits per heavy atom. The van der Waals surface area contributed by atoms with Gasteiger partial charge in [0.1, 0.15) is 11.5 Å². The molecule has 0 unspecified atom stereocenters. The predicted molar refractivity (Wildman–Crippen MR) is 202 cm³/mol. The molecule has 0 bridgehead atoms. The third-order valence-corrected chi connectivity index (χ3v) is 9.71. The van der Waals surface area contributed by atoms with Gasteiger partial charge in [0.2, 0.25) is 11.8 Å². The molecule has 2 amide bonds. The fourth-order valence-electron chi connectivity index (χ4n) is 5.99. The van der Waals surface area contributed by atoms with E-state index in [4.69, 9.17) is 0 Å². The number of carbonyl (C=O) groups excluding carboxylic acids is 2. The number of rotatable bonds is 11. The van der Waals surface area contributed by atoms with E-state index in [9.17, 15) is 19.8 Å². The lowest BCUT2D eigenvalue weighted by atomic mass is 9.74. The highest BCUT2D eigenvalue weighted by Crippen LogP contribution is 2.43. The zero-order chi connectivity index (χ0) is 37.3. The number of phenols is 2. The summed E-state index contributed by atoms with van der Waals surface area (Å²) in [6, 6.07) is 7.98. The molecule has 270 valence electrons. The summed E-state index contributed by atoms with van der Waals surface area (Å²) in [6.45, 7) is 34.0. The first-order chi connectivity index (χ1) is 21.5. The summed E-state index contributed by atoms with van der Waals surface area (Å²) >= 11 is 0. The molecule has 0 heterocycles. The van der Waals surface area contributed by atoms with Gasteiger partial charge in [-0.05, 0) is 95.6 Å². The third kappa shape index (κ3) is 9.79. The molecule has 0 saturated carbocycles. The first-order valence-corrected chi connectivity index (χ1v) is 17.9. The summed E-state index contributed by atoms with van der Waals surface area (Å²) in [5.74, 6) is 0.584. The molecule has 0 aliphatic rings. The van der Waals surface area contributed by atoms with Crippen molar-refractivity contribution in [2.75, 3.05) is 13.1 Å². The Morgan fingerprint density at radius 2 is 0.688 bits per heavy atom. The second-order valence-corrected chi connectivity index (χ2v) is 19.0. The van der Waals surface area contributed by atoms with Crippen LogP contribution in [0.5, 0.6) is 11.5 Å². The second-order valence-electron chi connectivity index (χ2n) is 19.0. The molecule has 0 aliphatic carbocycles. The van der Waals surface area contributed by atoms with Crippen LogP contribution in [-0.2, 0) is 42.1 Å². The molecule has 2 rings (SSSR count). The molecule has 0 saturated heterocycles. The first-order valence-electron chi connectivity index (χ1n) is 17.9. The van der Waals surface area contributed by atoms with E-state index in [2.05, 4.69) is 93.7 Å². The highest BCUT2D eigenvalue weighted by atomic mass is 16.3. The van der Waals surface area contributed by atoms with Crippen molar-refractivity contribution in [3.8, 4) is 11.5 Å². The van der Waals surface area contributed by atoms with Crippen molar-refractivity contribution in [1.82, 2.24) is 10.6 Å². The number of amides is 2. The second kappa shape index (κ2) is 14.5. The number of unbranched alkanes of at least 4 members (excludes halogenated alkanes) is 3. The van der Waals surface area contributed by atoms with Crippen LogP contribution in [0.3, 0.4) is 0 Å². The third-order valence-electron chi connectivity index (χ3n) is 9.71. The number of phenolic OH excluding ortho intramolecular Hbond substituents is 2. The summed E-state index contributed by atoms with van der Waals surface area (Å²) < 4.78 is 0. The number of benzene rings is 2. The van der Waals surface area contributed by atoms with Crippen molar-refractivity contribution in [3.63, 3.8) is 0 Å². The molecule has 2 aromatic rings. The van der Waals surface area contributed by atoms with Crippen molar-refractivity contribution in [2.24, 2.45) is 0 Å². The molecule has 0 fully saturated rings. The van der Waals surface area contributed by atoms with E-state index in [-0.39, 0.29) is 33.5 Å². The molecule has 2 aromatic carbocycles. The Bertz CT molecular complexity index is 1270. The van der Waals surface area contributed by atoms with Gasteiger partial charge in [0.25, 0.3) is 0 Å². The quantitative estimate of drug-likeness (QED) is 0.180. The van der Waals surface area contributed by atoms with Crippen molar-refractivity contribution in [3.05, 3.63) is 57.6 Å². The highest BCUT2D eigenvalue weighted by molar-refractivity contribution is 5.88. The van der Waals surface area contributed by atoms with Gasteiger partial charge in [-0.2, -0.15) is 0 Å². The maximum atomic E-state index is 13.4. The minimum Gasteiger partial charge on any atom is -0.507 e. The van der Waals surface area contributed by atoms with E-state index >= 15 is 0 Å². The van der Waals surface area contributed by atoms with Gasteiger partial charge in [-0.15, -0.1) is 0 Å². The maximum Gasteiger partial charge on any atom is 0.230 e. The summed E-state index contributed by atoms with van der Waals surface area (Å²) in [7, 11) is 0. The van der Waals surface area contributed by atoms with Crippen LogP contribution in [0, 0.1) is 0 Å². The van der Waals surface area contributed by atoms with E-state index in [1.807, 2.05) is 52.0 Å². The SMILES string of the molecule is CC(C)(C)c1cc(C(C)(C)C(=O)NCCCCCCNC(=O)C(C)(C)c2cc(C(C)(C)C)c(O)c(C(C)(C)C)c2)cc(C(C)(C)C)c1O. The molecule has 0 atom stereocenters. The van der Waals surface area contributed by atoms with Crippen LogP contribution in [0.4, 0.5) is 0 Å². The molecule has 0 aliphatic heterocycles. The standard InChI is InChI=1S/C42H68N2O4/c1-37(2,3)29-23-27(24-30(33(29)45)38(4,5)6)41(13,14)35(47)43-21-19-17-18-20-22-44-36(48)42(15,16)28-25-31(39(7,8)9)34(46)32(26-28)40(10,11)12/h23-26,45-46H,17-22H2,1-16H3,(H,43,47)(H,44,48). The van der Waals surface area contributed by atoms with Crippen LogP contribution in [0.15, 0.2) is 24.3 Å². The fourth-order valence-corrected chi connectivity index (χ4v) is 5.99. The Labute approximate surface area is 292 Å². The molecule has 48 heavy (non-hydrogen) atoms. The van der Waals surface area contributed by atoms with E-state index < -0.39 is 10.8 Å². The largest absolute Gasteiger partial charge is 0.507 e. The van der Waals surface area contributed by atoms with Crippen molar-refractivity contribution < 1.29 is 19.8 Å². The number of hydrogen-bond donors (Lipinski definition) is 4. The van der Waals surface area contributed by atoms with Gasteiger partial charge < -0.3 is 20.8 Å². The van der Waals surface area contributed by atoms with Gasteiger partial charge >= 0.3 is 0 Å². The Kier molecular flexibility index (Phi) is 12.4. The van der Waals surface area contributed by atoms with Crippen molar-refractivity contribution >= 4 is 11.8 Å². The van der Waals surface area contributed by atoms with Crippen molar-refractivity contribution in [1.29, 1.82) is 0 Å². The zero-order valence-corrected chi connectivity index (χ0v) is 33.3. The highest BCUT2D eigenvalue weighted by Gasteiger charge is 2.36. The number of nitrogens with one attached hydrogen (secondary N) is 2. The lowest BCUT2D eigenvalue weighted by Crippen LogP contribution is -2.41. The lowest BCUT2D eigenvalue weighted by Gasteiger charge is -2.32. The minimum atomic E-state index is -0.760. The van der Waals surface area contributed by atoms with E-state index in [1.165, 1.54) is 0 Å². The Morgan fingerprint density at radius 3 is 0.896 bits per heavy atom. The molecule has 0 spiro atoms. The minimum absolute atomic E-state index is 0.0270. The Balaban J connectivity index is 1.96. The van der Waals surface area contributed by atoms with Crippen molar-refractivity contribution in [2.45, 2.75) is 169 Å². The van der Waals surface area contributed by atoms with Crippen LogP contribution in [0.2, 0.25) is 0 Å². The lowest BCUT2D eigenvalue weighted by molar-refractivity contribution is -0.126. The van der Waals surface area contributed by atoms with Gasteiger partial charge in [-0.3, -0.25) is 9.59 Å². The monoisotopic (exact) mass is 665 g/mol. The summed E-state index contributed by atoms with van der Waals surface area (Å²) in [6.07, 6.45) is 3.61. The van der Waals surface area contributed by atoms with Gasteiger partial charge in [-0.25, -0.2) is 0 Å². The average Bonchev–Trinajstić information content (AvgIpc) is 2.91. The van der Waals surface area contributed by atoms with Crippen LogP contribution in [-0.4, -0.2) is 35.1 Å². The van der Waals surface area contributed by atoms with Crippen LogP contribution in [0.25, 0.3) is 0 Å². The first kappa shape index (κ1) is 41.2.